The van der Waals surface area contributed by atoms with Gasteiger partial charge in [-0.3, -0.25) is 9.59 Å². The zero-order valence-electron chi connectivity index (χ0n) is 13.5. The molecule has 3 aliphatic rings. The van der Waals surface area contributed by atoms with Gasteiger partial charge >= 0.3 is 0 Å². The van der Waals surface area contributed by atoms with Gasteiger partial charge in [-0.1, -0.05) is 24.6 Å². The highest BCUT2D eigenvalue weighted by atomic mass is 16.3. The number of fused-ring (bicyclic) bond motifs is 3. The Kier molecular flexibility index (Phi) is 3.24. The number of allylic oxidation sites excluding steroid dienone is 1. The van der Waals surface area contributed by atoms with Crippen LogP contribution >= 0.6 is 0 Å². The van der Waals surface area contributed by atoms with Gasteiger partial charge in [0, 0.05) is 23.1 Å². The van der Waals surface area contributed by atoms with Gasteiger partial charge in [-0.05, 0) is 31.2 Å². The Bertz CT molecular complexity index is 793. The molecule has 1 aromatic carbocycles. The van der Waals surface area contributed by atoms with Crippen molar-refractivity contribution < 1.29 is 24.9 Å². The monoisotopic (exact) mass is 328 g/mol. The molecule has 4 atom stereocenters. The van der Waals surface area contributed by atoms with E-state index in [1.54, 1.807) is 0 Å². The van der Waals surface area contributed by atoms with Crippen molar-refractivity contribution in [3.05, 3.63) is 40.5 Å². The Labute approximate surface area is 139 Å². The second-order valence-electron chi connectivity index (χ2n) is 7.38. The molecule has 126 valence electrons. The highest BCUT2D eigenvalue weighted by Gasteiger charge is 2.58. The molecule has 0 amide bonds. The zero-order chi connectivity index (χ0) is 17.2. The van der Waals surface area contributed by atoms with Gasteiger partial charge in [-0.25, -0.2) is 0 Å². The van der Waals surface area contributed by atoms with Crippen molar-refractivity contribution in [3.8, 4) is 5.75 Å². The number of carbonyl (C=O) groups is 2. The second-order valence-corrected chi connectivity index (χ2v) is 7.38. The van der Waals surface area contributed by atoms with Crippen LogP contribution in [0.15, 0.2) is 29.3 Å². The van der Waals surface area contributed by atoms with Crippen molar-refractivity contribution in [3.63, 3.8) is 0 Å². The van der Waals surface area contributed by atoms with Crippen LogP contribution in [-0.2, 0) is 4.79 Å². The van der Waals surface area contributed by atoms with Gasteiger partial charge in [0.05, 0.1) is 5.92 Å². The molecule has 0 fully saturated rings. The summed E-state index contributed by atoms with van der Waals surface area (Å²) in [5.41, 5.74) is -0.130. The first-order valence-electron chi connectivity index (χ1n) is 8.36. The predicted octanol–water partition coefficient (Wildman–Crippen LogP) is 2.06. The average molecular weight is 328 g/mol. The van der Waals surface area contributed by atoms with Crippen molar-refractivity contribution in [1.82, 2.24) is 0 Å². The molecule has 0 saturated heterocycles. The Hall–Kier alpha value is -1.98. The molecule has 5 nitrogen and oxygen atoms in total. The van der Waals surface area contributed by atoms with Crippen LogP contribution in [0, 0.1) is 11.8 Å². The first-order chi connectivity index (χ1) is 11.3. The molecular formula is C19H20O5. The summed E-state index contributed by atoms with van der Waals surface area (Å²) in [6.45, 7) is 2.01. The fraction of sp³-hybridized carbons (Fsp3) is 0.474. The molecule has 0 aliphatic heterocycles. The molecular weight excluding hydrogens is 308 g/mol. The van der Waals surface area contributed by atoms with Gasteiger partial charge in [-0.15, -0.1) is 0 Å². The fourth-order valence-corrected chi connectivity index (χ4v) is 4.69. The summed E-state index contributed by atoms with van der Waals surface area (Å²) in [5.74, 6) is -1.49. The van der Waals surface area contributed by atoms with Crippen LogP contribution in [-0.4, -0.2) is 32.5 Å². The lowest BCUT2D eigenvalue weighted by Crippen LogP contribution is -2.55. The maximum absolute atomic E-state index is 13.1. The molecule has 0 aromatic heterocycles. The van der Waals surface area contributed by atoms with E-state index >= 15 is 0 Å². The number of benzene rings is 1. The lowest BCUT2D eigenvalue weighted by molar-refractivity contribution is -0.128. The SMILES string of the molecule is C[C@@H]1CC(=O)C2=C(CC[C@]3(O)[C@@H]2C(=O)c2cccc(O)c2[C@H]3O)C1. The molecule has 3 aliphatic carbocycles. The Morgan fingerprint density at radius 2 is 1.96 bits per heavy atom. The van der Waals surface area contributed by atoms with Crippen LogP contribution < -0.4 is 0 Å². The lowest BCUT2D eigenvalue weighted by Gasteiger charge is -2.48. The predicted molar refractivity (Wildman–Crippen MR) is 85.5 cm³/mol. The van der Waals surface area contributed by atoms with Crippen molar-refractivity contribution in [2.24, 2.45) is 11.8 Å². The van der Waals surface area contributed by atoms with Gasteiger partial charge in [0.25, 0.3) is 0 Å². The smallest absolute Gasteiger partial charge is 0.173 e. The second kappa shape index (κ2) is 5.01. The summed E-state index contributed by atoms with van der Waals surface area (Å²) in [5, 5.41) is 32.0. The maximum Gasteiger partial charge on any atom is 0.173 e. The third-order valence-corrected chi connectivity index (χ3v) is 5.78. The minimum absolute atomic E-state index is 0.0712. The number of hydrogen-bond donors (Lipinski definition) is 3. The summed E-state index contributed by atoms with van der Waals surface area (Å²) in [7, 11) is 0. The molecule has 3 N–H and O–H groups in total. The number of rotatable bonds is 0. The van der Waals surface area contributed by atoms with Crippen molar-refractivity contribution in [2.75, 3.05) is 0 Å². The number of phenolic OH excluding ortho intramolecular Hbond substituents is 1. The van der Waals surface area contributed by atoms with Gasteiger partial charge in [0.2, 0.25) is 0 Å². The summed E-state index contributed by atoms with van der Waals surface area (Å²) in [6, 6.07) is 4.46. The lowest BCUT2D eigenvalue weighted by atomic mass is 9.58. The number of carbonyl (C=O) groups excluding carboxylic acids is 2. The number of aromatic hydroxyl groups is 1. The fourth-order valence-electron chi connectivity index (χ4n) is 4.69. The van der Waals surface area contributed by atoms with E-state index in [1.165, 1.54) is 18.2 Å². The van der Waals surface area contributed by atoms with Gasteiger partial charge in [-0.2, -0.15) is 0 Å². The van der Waals surface area contributed by atoms with Gasteiger partial charge in [0.15, 0.2) is 11.6 Å². The number of aliphatic hydroxyl groups excluding tert-OH is 1. The standard InChI is InChI=1S/C19H20O5/c1-9-7-10-5-6-19(24)16(14(10)13(21)8-9)17(22)11-3-2-4-12(20)15(11)18(19)23/h2-4,9,16,18,20,23-24H,5-8H2,1H3/t9-,16-,18+,19-/m0/s1. The minimum Gasteiger partial charge on any atom is -0.508 e. The molecule has 5 heteroatoms. The van der Waals surface area contributed by atoms with Crippen LogP contribution in [0.25, 0.3) is 0 Å². The van der Waals surface area contributed by atoms with Crippen molar-refractivity contribution in [1.29, 1.82) is 0 Å². The molecule has 0 unspecified atom stereocenters. The Morgan fingerprint density at radius 1 is 1.21 bits per heavy atom. The maximum atomic E-state index is 13.1. The number of hydrogen-bond acceptors (Lipinski definition) is 5. The molecule has 24 heavy (non-hydrogen) atoms. The van der Waals surface area contributed by atoms with Crippen LogP contribution in [0.5, 0.6) is 5.75 Å². The minimum atomic E-state index is -1.74. The van der Waals surface area contributed by atoms with Crippen LogP contribution in [0.3, 0.4) is 0 Å². The molecule has 0 spiro atoms. The first-order valence-corrected chi connectivity index (χ1v) is 8.36. The number of aliphatic hydroxyl groups is 2. The summed E-state index contributed by atoms with van der Waals surface area (Å²) in [4.78, 5) is 25.7. The topological polar surface area (TPSA) is 94.8 Å². The molecule has 0 radical (unpaired) electrons. The highest BCUT2D eigenvalue weighted by Crippen LogP contribution is 2.54. The van der Waals surface area contributed by atoms with E-state index in [4.69, 9.17) is 0 Å². The van der Waals surface area contributed by atoms with Crippen LogP contribution in [0.2, 0.25) is 0 Å². The van der Waals surface area contributed by atoms with E-state index in [9.17, 15) is 24.9 Å². The van der Waals surface area contributed by atoms with E-state index in [1.807, 2.05) is 6.92 Å². The molecule has 0 heterocycles. The number of ketones is 2. The summed E-state index contributed by atoms with van der Waals surface area (Å²) < 4.78 is 0. The average Bonchev–Trinajstić information content (AvgIpc) is 2.53. The molecule has 1 aromatic rings. The van der Waals surface area contributed by atoms with E-state index in [2.05, 4.69) is 0 Å². The van der Waals surface area contributed by atoms with E-state index < -0.39 is 17.6 Å². The zero-order valence-corrected chi connectivity index (χ0v) is 13.5. The largest absolute Gasteiger partial charge is 0.508 e. The quantitative estimate of drug-likeness (QED) is 0.677. The Balaban J connectivity index is 1.94. The van der Waals surface area contributed by atoms with Crippen LogP contribution in [0.1, 0.15) is 54.6 Å². The highest BCUT2D eigenvalue weighted by molar-refractivity contribution is 6.11. The van der Waals surface area contributed by atoms with E-state index in [-0.39, 0.29) is 40.8 Å². The number of phenols is 1. The van der Waals surface area contributed by atoms with Crippen molar-refractivity contribution in [2.45, 2.75) is 44.3 Å². The number of Topliss-reactive ketones (excluding diaryl/α,β-unsaturated/α-hetero) is 2. The van der Waals surface area contributed by atoms with Crippen LogP contribution in [0.4, 0.5) is 0 Å². The molecule has 4 rings (SSSR count). The van der Waals surface area contributed by atoms with Gasteiger partial charge in [0.1, 0.15) is 17.5 Å². The van der Waals surface area contributed by atoms with E-state index in [0.717, 1.165) is 12.0 Å². The normalized spacial score (nSPS) is 35.4. The first kappa shape index (κ1) is 15.5. The third-order valence-electron chi connectivity index (χ3n) is 5.78. The summed E-state index contributed by atoms with van der Waals surface area (Å²) in [6.07, 6.45) is 0.423. The molecule has 0 bridgehead atoms. The van der Waals surface area contributed by atoms with E-state index in [0.29, 0.717) is 18.4 Å². The Morgan fingerprint density at radius 3 is 2.71 bits per heavy atom. The van der Waals surface area contributed by atoms with Crippen molar-refractivity contribution >= 4 is 11.6 Å². The summed E-state index contributed by atoms with van der Waals surface area (Å²) >= 11 is 0. The third kappa shape index (κ3) is 1.88. The van der Waals surface area contributed by atoms with Gasteiger partial charge < -0.3 is 15.3 Å². The molecule has 0 saturated carbocycles.